The van der Waals surface area contributed by atoms with Gasteiger partial charge in [0.15, 0.2) is 0 Å². The first-order chi connectivity index (χ1) is 15.6. The van der Waals surface area contributed by atoms with Gasteiger partial charge in [-0.2, -0.15) is 5.10 Å². The normalized spacial score (nSPS) is 26.9. The van der Waals surface area contributed by atoms with Gasteiger partial charge in [0, 0.05) is 42.5 Å². The standard InChI is InChI=1S/C24H27FN6O/c1-30-13-15(10-28-30)14-2-6-18(22(32)8-14)20-11-27-23(12-26-20)31(17-4-5-17)21-9-16-3-7-19(29-16)24(21)25/h2,6,8,10-13,16-17,19,21,24,29,32H,3-5,7,9H2,1H3/t16-,19+,21-,24+/m0/s1. The second kappa shape index (κ2) is 7.55. The van der Waals surface area contributed by atoms with Crippen molar-refractivity contribution in [3.8, 4) is 28.1 Å². The Kier molecular flexibility index (Phi) is 4.64. The highest BCUT2D eigenvalue weighted by atomic mass is 19.1. The van der Waals surface area contributed by atoms with Gasteiger partial charge in [-0.3, -0.25) is 9.67 Å². The predicted molar refractivity (Wildman–Crippen MR) is 120 cm³/mol. The lowest BCUT2D eigenvalue weighted by atomic mass is 9.96. The van der Waals surface area contributed by atoms with E-state index < -0.39 is 6.17 Å². The zero-order chi connectivity index (χ0) is 21.8. The van der Waals surface area contributed by atoms with Crippen molar-refractivity contribution in [3.05, 3.63) is 43.0 Å². The molecule has 2 aromatic heterocycles. The Morgan fingerprint density at radius 2 is 1.97 bits per heavy atom. The van der Waals surface area contributed by atoms with Crippen LogP contribution in [0.1, 0.15) is 32.1 Å². The van der Waals surface area contributed by atoms with Crippen LogP contribution in [0.2, 0.25) is 0 Å². The van der Waals surface area contributed by atoms with Crippen LogP contribution in [0.5, 0.6) is 5.75 Å². The summed E-state index contributed by atoms with van der Waals surface area (Å²) in [5, 5.41) is 18.2. The summed E-state index contributed by atoms with van der Waals surface area (Å²) in [6, 6.07) is 6.08. The van der Waals surface area contributed by atoms with Crippen molar-refractivity contribution in [2.24, 2.45) is 7.05 Å². The van der Waals surface area contributed by atoms with Crippen molar-refractivity contribution in [1.82, 2.24) is 25.1 Å². The van der Waals surface area contributed by atoms with Gasteiger partial charge in [0.2, 0.25) is 0 Å². The summed E-state index contributed by atoms with van der Waals surface area (Å²) in [5.41, 5.74) is 3.05. The Labute approximate surface area is 186 Å². The molecular formula is C24H27FN6O. The maximum absolute atomic E-state index is 15.2. The maximum atomic E-state index is 15.2. The third-order valence-electron chi connectivity index (χ3n) is 7.07. The largest absolute Gasteiger partial charge is 0.507 e. The molecule has 4 atom stereocenters. The number of phenolic OH excluding ortho intramolecular Hbond substituents is 1. The molecular weight excluding hydrogens is 407 g/mol. The lowest BCUT2D eigenvalue weighted by molar-refractivity contribution is 0.171. The quantitative estimate of drug-likeness (QED) is 0.640. The minimum Gasteiger partial charge on any atom is -0.507 e. The van der Waals surface area contributed by atoms with Gasteiger partial charge in [0.1, 0.15) is 17.7 Å². The van der Waals surface area contributed by atoms with Crippen molar-refractivity contribution >= 4 is 5.82 Å². The Morgan fingerprint density at radius 3 is 2.66 bits per heavy atom. The first-order valence-corrected chi connectivity index (χ1v) is 11.4. The number of anilines is 1. The number of phenols is 1. The fourth-order valence-electron chi connectivity index (χ4n) is 5.32. The van der Waals surface area contributed by atoms with E-state index in [2.05, 4.69) is 25.3 Å². The molecule has 0 unspecified atom stereocenters. The number of benzene rings is 1. The molecule has 2 aliphatic heterocycles. The number of alkyl halides is 1. The van der Waals surface area contributed by atoms with Crippen LogP contribution in [0.3, 0.4) is 0 Å². The van der Waals surface area contributed by atoms with Crippen LogP contribution in [0.25, 0.3) is 22.4 Å². The molecule has 0 radical (unpaired) electrons. The number of aryl methyl sites for hydroxylation is 1. The van der Waals surface area contributed by atoms with Crippen LogP contribution in [-0.2, 0) is 7.05 Å². The number of hydrogen-bond donors (Lipinski definition) is 2. The smallest absolute Gasteiger partial charge is 0.147 e. The van der Waals surface area contributed by atoms with Gasteiger partial charge in [0.05, 0.1) is 30.3 Å². The first kappa shape index (κ1) is 19.7. The third-order valence-corrected chi connectivity index (χ3v) is 7.07. The Balaban J connectivity index is 1.27. The fourth-order valence-corrected chi connectivity index (χ4v) is 5.32. The van der Waals surface area contributed by atoms with Crippen LogP contribution >= 0.6 is 0 Å². The second-order valence-corrected chi connectivity index (χ2v) is 9.33. The van der Waals surface area contributed by atoms with Gasteiger partial charge >= 0.3 is 0 Å². The Hall–Kier alpha value is -3.00. The molecule has 1 aliphatic carbocycles. The highest BCUT2D eigenvalue weighted by Gasteiger charge is 2.48. The lowest BCUT2D eigenvalue weighted by Gasteiger charge is -2.41. The number of halogens is 1. The van der Waals surface area contributed by atoms with Crippen LogP contribution in [0.15, 0.2) is 43.0 Å². The number of fused-ring (bicyclic) bond motifs is 2. The summed E-state index contributed by atoms with van der Waals surface area (Å²) in [6.07, 6.45) is 11.1. The van der Waals surface area contributed by atoms with Crippen molar-refractivity contribution in [1.29, 1.82) is 0 Å². The van der Waals surface area contributed by atoms with E-state index in [0.29, 0.717) is 23.3 Å². The molecule has 4 heterocycles. The molecule has 0 amide bonds. The first-order valence-electron chi connectivity index (χ1n) is 11.4. The molecule has 2 saturated heterocycles. The topological polar surface area (TPSA) is 79.1 Å². The molecule has 3 fully saturated rings. The summed E-state index contributed by atoms with van der Waals surface area (Å²) < 4.78 is 17.0. The van der Waals surface area contributed by atoms with Crippen molar-refractivity contribution in [2.75, 3.05) is 4.90 Å². The van der Waals surface area contributed by atoms with E-state index in [4.69, 9.17) is 0 Å². The van der Waals surface area contributed by atoms with Gasteiger partial charge in [-0.25, -0.2) is 9.37 Å². The molecule has 8 heteroatoms. The average molecular weight is 435 g/mol. The lowest BCUT2D eigenvalue weighted by Crippen LogP contribution is -2.57. The third kappa shape index (κ3) is 3.43. The molecule has 2 N–H and O–H groups in total. The molecule has 6 rings (SSSR count). The monoisotopic (exact) mass is 434 g/mol. The van der Waals surface area contributed by atoms with Gasteiger partial charge in [-0.05, 0) is 49.8 Å². The number of nitrogens with one attached hydrogen (secondary N) is 1. The fraction of sp³-hybridized carbons (Fsp3) is 0.458. The molecule has 166 valence electrons. The van der Waals surface area contributed by atoms with Crippen LogP contribution < -0.4 is 10.2 Å². The number of piperidine rings is 1. The predicted octanol–water partition coefficient (Wildman–Crippen LogP) is 3.45. The van der Waals surface area contributed by atoms with E-state index in [0.717, 1.165) is 49.0 Å². The summed E-state index contributed by atoms with van der Waals surface area (Å²) >= 11 is 0. The molecule has 1 saturated carbocycles. The summed E-state index contributed by atoms with van der Waals surface area (Å²) in [7, 11) is 1.86. The number of aromatic hydroxyl groups is 1. The minimum atomic E-state index is -0.889. The molecule has 0 spiro atoms. The summed E-state index contributed by atoms with van der Waals surface area (Å²) in [5.74, 6) is 0.878. The maximum Gasteiger partial charge on any atom is 0.147 e. The minimum absolute atomic E-state index is 0.0393. The average Bonchev–Trinajstić information content (AvgIpc) is 3.39. The van der Waals surface area contributed by atoms with Crippen molar-refractivity contribution in [3.63, 3.8) is 0 Å². The number of rotatable bonds is 5. The van der Waals surface area contributed by atoms with E-state index in [9.17, 15) is 5.11 Å². The molecule has 1 aromatic carbocycles. The highest BCUT2D eigenvalue weighted by molar-refractivity contribution is 5.73. The van der Waals surface area contributed by atoms with E-state index in [1.807, 2.05) is 25.4 Å². The van der Waals surface area contributed by atoms with Crippen molar-refractivity contribution in [2.45, 2.75) is 62.4 Å². The molecule has 3 aromatic rings. The van der Waals surface area contributed by atoms with Gasteiger partial charge in [-0.15, -0.1) is 0 Å². The molecule has 7 nitrogen and oxygen atoms in total. The SMILES string of the molecule is Cn1cc(-c2ccc(-c3cnc(N(C4CC4)[C@H]4C[C@@H]5CC[C@@H](N5)[C@H]4F)cn3)c(O)c2)cn1. The van der Waals surface area contributed by atoms with Gasteiger partial charge < -0.3 is 15.3 Å². The number of nitrogens with zero attached hydrogens (tertiary/aromatic N) is 5. The van der Waals surface area contributed by atoms with Gasteiger partial charge in [0.25, 0.3) is 0 Å². The molecule has 2 bridgehead atoms. The molecule has 32 heavy (non-hydrogen) atoms. The van der Waals surface area contributed by atoms with E-state index in [-0.39, 0.29) is 17.8 Å². The summed E-state index contributed by atoms with van der Waals surface area (Å²) in [6.45, 7) is 0. The Morgan fingerprint density at radius 1 is 1.09 bits per heavy atom. The van der Waals surface area contributed by atoms with Gasteiger partial charge in [-0.1, -0.05) is 6.07 Å². The van der Waals surface area contributed by atoms with E-state index in [1.165, 1.54) is 0 Å². The highest BCUT2D eigenvalue weighted by Crippen LogP contribution is 2.40. The van der Waals surface area contributed by atoms with E-state index >= 15 is 4.39 Å². The Bertz CT molecular complexity index is 1130. The number of aromatic nitrogens is 4. The number of hydrogen-bond acceptors (Lipinski definition) is 6. The summed E-state index contributed by atoms with van der Waals surface area (Å²) in [4.78, 5) is 11.5. The molecule has 3 aliphatic rings. The van der Waals surface area contributed by atoms with E-state index in [1.54, 1.807) is 29.3 Å². The van der Waals surface area contributed by atoms with Crippen LogP contribution in [0, 0.1) is 0 Å². The zero-order valence-corrected chi connectivity index (χ0v) is 18.0. The van der Waals surface area contributed by atoms with Crippen LogP contribution in [0.4, 0.5) is 10.2 Å². The zero-order valence-electron chi connectivity index (χ0n) is 18.0. The second-order valence-electron chi connectivity index (χ2n) is 9.33. The van der Waals surface area contributed by atoms with Crippen LogP contribution in [-0.4, -0.2) is 55.2 Å². The van der Waals surface area contributed by atoms with Crippen molar-refractivity contribution < 1.29 is 9.50 Å².